The molecular weight excluding hydrogens is 258 g/mol. The summed E-state index contributed by atoms with van der Waals surface area (Å²) in [6.45, 7) is 2.89. The number of amides is 3. The van der Waals surface area contributed by atoms with Gasteiger partial charge in [0.1, 0.15) is 12.4 Å². The third-order valence-corrected chi connectivity index (χ3v) is 3.57. The molecule has 0 aromatic heterocycles. The normalized spacial score (nSPS) is 17.8. The molecule has 2 aliphatic heterocycles. The van der Waals surface area contributed by atoms with E-state index in [9.17, 15) is 9.59 Å². The first-order chi connectivity index (χ1) is 9.75. The summed E-state index contributed by atoms with van der Waals surface area (Å²) in [6, 6.07) is 7.65. The lowest BCUT2D eigenvalue weighted by atomic mass is 10.2. The second-order valence-corrected chi connectivity index (χ2v) is 4.86. The number of hydrogen-bond acceptors (Lipinski definition) is 4. The van der Waals surface area contributed by atoms with Gasteiger partial charge in [0.05, 0.1) is 18.8 Å². The highest BCUT2D eigenvalue weighted by molar-refractivity contribution is 6.01. The molecule has 0 spiro atoms. The van der Waals surface area contributed by atoms with Gasteiger partial charge in [-0.25, -0.2) is 4.79 Å². The van der Waals surface area contributed by atoms with Crippen molar-refractivity contribution >= 4 is 17.6 Å². The molecule has 106 valence electrons. The number of carbonyl (C=O) groups is 2. The van der Waals surface area contributed by atoms with E-state index in [1.165, 1.54) is 4.90 Å². The maximum absolute atomic E-state index is 11.5. The Morgan fingerprint density at radius 1 is 1.20 bits per heavy atom. The van der Waals surface area contributed by atoms with Crippen molar-refractivity contribution in [2.75, 3.05) is 37.7 Å². The number of ether oxygens (including phenoxy) is 1. The standard InChI is InChI=1S/C14H17N3O3/c18-13-10-15-14(19)17(13)7-3-6-16-8-9-20-12-5-2-1-4-11(12)16/h1-2,4-5H,3,6-10H2,(H,15,19). The number of hydrogen-bond donors (Lipinski definition) is 1. The van der Waals surface area contributed by atoms with Crippen LogP contribution in [0, 0.1) is 0 Å². The van der Waals surface area contributed by atoms with E-state index in [0.717, 1.165) is 30.9 Å². The second kappa shape index (κ2) is 5.40. The van der Waals surface area contributed by atoms with Gasteiger partial charge in [-0.2, -0.15) is 0 Å². The van der Waals surface area contributed by atoms with E-state index in [2.05, 4.69) is 10.2 Å². The Balaban J connectivity index is 1.57. The zero-order chi connectivity index (χ0) is 13.9. The molecular formula is C14H17N3O3. The van der Waals surface area contributed by atoms with E-state index in [1.54, 1.807) is 0 Å². The maximum Gasteiger partial charge on any atom is 0.324 e. The average molecular weight is 275 g/mol. The maximum atomic E-state index is 11.5. The van der Waals surface area contributed by atoms with Crippen LogP contribution in [0.4, 0.5) is 10.5 Å². The number of benzene rings is 1. The summed E-state index contributed by atoms with van der Waals surface area (Å²) >= 11 is 0. The number of imide groups is 1. The van der Waals surface area contributed by atoms with E-state index in [0.29, 0.717) is 13.2 Å². The van der Waals surface area contributed by atoms with Gasteiger partial charge in [-0.15, -0.1) is 0 Å². The van der Waals surface area contributed by atoms with Gasteiger partial charge in [0, 0.05) is 13.1 Å². The third kappa shape index (κ3) is 2.41. The van der Waals surface area contributed by atoms with Gasteiger partial charge in [-0.3, -0.25) is 9.69 Å². The summed E-state index contributed by atoms with van der Waals surface area (Å²) in [4.78, 5) is 26.4. The number of nitrogens with zero attached hydrogens (tertiary/aromatic N) is 2. The van der Waals surface area contributed by atoms with Crippen molar-refractivity contribution in [1.29, 1.82) is 0 Å². The van der Waals surface area contributed by atoms with Gasteiger partial charge in [0.25, 0.3) is 0 Å². The smallest absolute Gasteiger partial charge is 0.324 e. The molecule has 3 rings (SSSR count). The van der Waals surface area contributed by atoms with Crippen LogP contribution in [0.3, 0.4) is 0 Å². The lowest BCUT2D eigenvalue weighted by Crippen LogP contribution is -2.37. The van der Waals surface area contributed by atoms with Crippen LogP contribution >= 0.6 is 0 Å². The van der Waals surface area contributed by atoms with Gasteiger partial charge in [0.2, 0.25) is 5.91 Å². The van der Waals surface area contributed by atoms with Crippen LogP contribution in [0.15, 0.2) is 24.3 Å². The fourth-order valence-corrected chi connectivity index (χ4v) is 2.56. The molecule has 0 bridgehead atoms. The summed E-state index contributed by atoms with van der Waals surface area (Å²) < 4.78 is 5.60. The molecule has 3 amide bonds. The van der Waals surface area contributed by atoms with Gasteiger partial charge in [-0.1, -0.05) is 12.1 Å². The van der Waals surface area contributed by atoms with E-state index >= 15 is 0 Å². The highest BCUT2D eigenvalue weighted by atomic mass is 16.5. The van der Waals surface area contributed by atoms with Gasteiger partial charge < -0.3 is 15.0 Å². The predicted molar refractivity (Wildman–Crippen MR) is 73.9 cm³/mol. The lowest BCUT2D eigenvalue weighted by Gasteiger charge is -2.31. The minimum atomic E-state index is -0.280. The number of nitrogens with one attached hydrogen (secondary N) is 1. The quantitative estimate of drug-likeness (QED) is 0.827. The molecule has 6 nitrogen and oxygen atoms in total. The van der Waals surface area contributed by atoms with Crippen LogP contribution in [-0.4, -0.2) is 49.6 Å². The molecule has 1 aromatic carbocycles. The molecule has 0 atom stereocenters. The molecule has 1 saturated heterocycles. The number of anilines is 1. The van der Waals surface area contributed by atoms with Crippen molar-refractivity contribution in [1.82, 2.24) is 10.2 Å². The van der Waals surface area contributed by atoms with Crippen molar-refractivity contribution in [2.45, 2.75) is 6.42 Å². The Morgan fingerprint density at radius 3 is 2.85 bits per heavy atom. The van der Waals surface area contributed by atoms with Crippen LogP contribution in [-0.2, 0) is 4.79 Å². The van der Waals surface area contributed by atoms with Crippen molar-refractivity contribution in [3.8, 4) is 5.75 Å². The Bertz CT molecular complexity index is 516. The van der Waals surface area contributed by atoms with Crippen molar-refractivity contribution < 1.29 is 14.3 Å². The Hall–Kier alpha value is -2.24. The Morgan fingerprint density at radius 2 is 2.05 bits per heavy atom. The largest absolute Gasteiger partial charge is 0.490 e. The van der Waals surface area contributed by atoms with Gasteiger partial charge in [0.15, 0.2) is 0 Å². The first-order valence-electron chi connectivity index (χ1n) is 6.81. The molecule has 1 N–H and O–H groups in total. The number of carbonyl (C=O) groups excluding carboxylic acids is 2. The molecule has 2 heterocycles. The topological polar surface area (TPSA) is 61.9 Å². The zero-order valence-electron chi connectivity index (χ0n) is 11.2. The van der Waals surface area contributed by atoms with Crippen molar-refractivity contribution in [3.05, 3.63) is 24.3 Å². The number of urea groups is 1. The van der Waals surface area contributed by atoms with Crippen LogP contribution in [0.2, 0.25) is 0 Å². The second-order valence-electron chi connectivity index (χ2n) is 4.86. The van der Waals surface area contributed by atoms with Crippen LogP contribution < -0.4 is 15.0 Å². The average Bonchev–Trinajstić information content (AvgIpc) is 2.79. The van der Waals surface area contributed by atoms with E-state index in [4.69, 9.17) is 4.74 Å². The summed E-state index contributed by atoms with van der Waals surface area (Å²) in [6.07, 6.45) is 0.757. The number of fused-ring (bicyclic) bond motifs is 1. The monoisotopic (exact) mass is 275 g/mol. The Kier molecular flexibility index (Phi) is 3.45. The fourth-order valence-electron chi connectivity index (χ4n) is 2.56. The SMILES string of the molecule is O=C1CNC(=O)N1CCCN1CCOc2ccccc21. The van der Waals surface area contributed by atoms with E-state index in [-0.39, 0.29) is 18.5 Å². The number of rotatable bonds is 4. The summed E-state index contributed by atoms with van der Waals surface area (Å²) in [5.74, 6) is 0.756. The van der Waals surface area contributed by atoms with Gasteiger partial charge >= 0.3 is 6.03 Å². The first kappa shape index (κ1) is 12.8. The Labute approximate surface area is 117 Å². The summed E-state index contributed by atoms with van der Waals surface area (Å²) in [5, 5.41) is 2.53. The lowest BCUT2D eigenvalue weighted by molar-refractivity contribution is -0.125. The molecule has 0 saturated carbocycles. The molecule has 6 heteroatoms. The van der Waals surface area contributed by atoms with Crippen LogP contribution in [0.5, 0.6) is 5.75 Å². The number of para-hydroxylation sites is 2. The van der Waals surface area contributed by atoms with Crippen molar-refractivity contribution in [3.63, 3.8) is 0 Å². The van der Waals surface area contributed by atoms with Gasteiger partial charge in [-0.05, 0) is 18.6 Å². The first-order valence-corrected chi connectivity index (χ1v) is 6.81. The van der Waals surface area contributed by atoms with E-state index < -0.39 is 0 Å². The van der Waals surface area contributed by atoms with Crippen molar-refractivity contribution in [2.24, 2.45) is 0 Å². The molecule has 0 unspecified atom stereocenters. The molecule has 0 radical (unpaired) electrons. The van der Waals surface area contributed by atoms with E-state index in [1.807, 2.05) is 24.3 Å². The highest BCUT2D eigenvalue weighted by Gasteiger charge is 2.28. The van der Waals surface area contributed by atoms with Crippen LogP contribution in [0.1, 0.15) is 6.42 Å². The molecule has 0 aliphatic carbocycles. The minimum absolute atomic E-state index is 0.124. The summed E-state index contributed by atoms with van der Waals surface area (Å²) in [5.41, 5.74) is 1.08. The van der Waals surface area contributed by atoms with Crippen LogP contribution in [0.25, 0.3) is 0 Å². The minimum Gasteiger partial charge on any atom is -0.490 e. The summed E-state index contributed by atoms with van der Waals surface area (Å²) in [7, 11) is 0. The fraction of sp³-hybridized carbons (Fsp3) is 0.429. The molecule has 2 aliphatic rings. The third-order valence-electron chi connectivity index (χ3n) is 3.57. The molecule has 20 heavy (non-hydrogen) atoms. The predicted octanol–water partition coefficient (Wildman–Crippen LogP) is 0.827. The molecule has 1 aromatic rings. The molecule has 1 fully saturated rings. The zero-order valence-corrected chi connectivity index (χ0v) is 11.2. The highest BCUT2D eigenvalue weighted by Crippen LogP contribution is 2.30.